The average molecular weight is 470 g/mol. The maximum atomic E-state index is 11.0. The molecule has 14 heteroatoms. The number of carbonyl (C=O) groups is 3. The summed E-state index contributed by atoms with van der Waals surface area (Å²) in [7, 11) is 0. The molecule has 1 saturated heterocycles. The number of aliphatic carboxylic acids is 3. The van der Waals surface area contributed by atoms with E-state index in [1.165, 1.54) is 0 Å². The van der Waals surface area contributed by atoms with Gasteiger partial charge in [-0.05, 0) is 6.92 Å². The smallest absolute Gasteiger partial charge is 0.549 e. The molecule has 11 nitrogen and oxygen atoms in total. The molecule has 1 N–H and O–H groups in total. The van der Waals surface area contributed by atoms with Crippen LogP contribution in [0.1, 0.15) is 6.92 Å². The number of hydrogen-bond acceptors (Lipinski definition) is 11. The second-order valence-electron chi connectivity index (χ2n) is 7.09. The number of carbonyl (C=O) groups excluding carboxylic acids is 3. The zero-order valence-electron chi connectivity index (χ0n) is 19.2. The Kier molecular flexibility index (Phi) is 24.4. The van der Waals surface area contributed by atoms with Crippen molar-refractivity contribution in [2.75, 3.05) is 78.5 Å². The van der Waals surface area contributed by atoms with Gasteiger partial charge in [-0.3, -0.25) is 19.6 Å². The van der Waals surface area contributed by atoms with E-state index in [2.05, 4.69) is 0 Å². The predicted molar refractivity (Wildman–Crippen MR) is 92.5 cm³/mol. The summed E-state index contributed by atoms with van der Waals surface area (Å²) < 4.78 is 0. The molecule has 1 rings (SSSR count). The van der Waals surface area contributed by atoms with Gasteiger partial charge in [0.2, 0.25) is 0 Å². The first kappa shape index (κ1) is 36.8. The van der Waals surface area contributed by atoms with Gasteiger partial charge in [0.05, 0.1) is 24.0 Å². The topological polar surface area (TPSA) is 154 Å². The van der Waals surface area contributed by atoms with Gasteiger partial charge < -0.3 is 34.8 Å². The predicted octanol–water partition coefficient (Wildman–Crippen LogP) is -15.1. The Morgan fingerprint density at radius 1 is 0.645 bits per heavy atom. The average Bonchev–Trinajstić information content (AvgIpc) is 2.55. The van der Waals surface area contributed by atoms with Crippen LogP contribution < -0.4 is 104 Å². The Bertz CT molecular complexity index is 500. The summed E-state index contributed by atoms with van der Waals surface area (Å²) in [6.45, 7) is 4.04. The van der Waals surface area contributed by atoms with E-state index in [4.69, 9.17) is 0 Å². The second-order valence-corrected chi connectivity index (χ2v) is 7.09. The maximum absolute atomic E-state index is 11.0. The normalized spacial score (nSPS) is 18.8. The van der Waals surface area contributed by atoms with Crippen LogP contribution in [0, 0.1) is 0 Å². The minimum atomic E-state index is -1.26. The van der Waals surface area contributed by atoms with Gasteiger partial charge in [0.25, 0.3) is 0 Å². The maximum Gasteiger partial charge on any atom is 1.00 e. The molecule has 0 aliphatic carbocycles. The summed E-state index contributed by atoms with van der Waals surface area (Å²) in [5.41, 5.74) is 0. The third kappa shape index (κ3) is 19.2. The number of aliphatic hydroxyl groups is 1. The van der Waals surface area contributed by atoms with E-state index >= 15 is 0 Å². The van der Waals surface area contributed by atoms with Gasteiger partial charge in [0.15, 0.2) is 0 Å². The number of nitrogens with zero attached hydrogens (tertiary/aromatic N) is 4. The fourth-order valence-corrected chi connectivity index (χ4v) is 3.16. The first-order valence-corrected chi connectivity index (χ1v) is 9.32. The van der Waals surface area contributed by atoms with Crippen molar-refractivity contribution in [1.82, 2.24) is 19.6 Å². The van der Waals surface area contributed by atoms with Crippen LogP contribution in [0.25, 0.3) is 0 Å². The van der Waals surface area contributed by atoms with Crippen LogP contribution in [0.15, 0.2) is 0 Å². The van der Waals surface area contributed by atoms with E-state index < -0.39 is 24.0 Å². The van der Waals surface area contributed by atoms with Crippen LogP contribution in [0.5, 0.6) is 0 Å². The molecule has 1 aliphatic heterocycles. The molecule has 0 bridgehead atoms. The molecule has 0 radical (unpaired) electrons. The molecule has 0 spiro atoms. The number of β-amino-alcohol motifs (C(OH)–C–C–N with tert-alkyl or cyclic N) is 1. The number of carboxylic acid groups (broad SMARTS) is 3. The van der Waals surface area contributed by atoms with Gasteiger partial charge in [0.1, 0.15) is 0 Å². The van der Waals surface area contributed by atoms with Crippen LogP contribution in [-0.4, -0.2) is 127 Å². The second kappa shape index (κ2) is 20.6. The van der Waals surface area contributed by atoms with Crippen LogP contribution in [0.4, 0.5) is 0 Å². The SMILES string of the molecule is CC(O)CN1CCN(CC(=O)[O-])CCN(CC(=O)[O-])CCN(CC(=O)[O-])CC1.[Na+].[Na+].[Na+]. The van der Waals surface area contributed by atoms with E-state index in [1.54, 1.807) is 21.6 Å². The van der Waals surface area contributed by atoms with Gasteiger partial charge in [-0.1, -0.05) is 0 Å². The third-order valence-electron chi connectivity index (χ3n) is 4.51. The van der Waals surface area contributed by atoms with E-state index in [-0.39, 0.29) is 121 Å². The van der Waals surface area contributed by atoms with E-state index in [0.29, 0.717) is 45.8 Å². The van der Waals surface area contributed by atoms with E-state index in [0.717, 1.165) is 0 Å². The fourth-order valence-electron chi connectivity index (χ4n) is 3.16. The number of aliphatic hydroxyl groups excluding tert-OH is 1. The van der Waals surface area contributed by atoms with Gasteiger partial charge >= 0.3 is 88.7 Å². The minimum Gasteiger partial charge on any atom is -0.549 e. The first-order valence-electron chi connectivity index (χ1n) is 9.32. The van der Waals surface area contributed by atoms with Gasteiger partial charge in [0, 0.05) is 78.5 Å². The Labute approximate surface area is 250 Å². The standard InChI is InChI=1S/C17H32N4O7.3Na/c1-14(22)10-18-2-4-19(11-15(23)24)6-8-21(13-17(27)28)9-7-20(5-3-18)12-16(25)26;;;/h14,22H,2-13H2,1H3,(H,23,24)(H,25,26)(H,27,28);;;/q;3*+1/p-3. The monoisotopic (exact) mass is 470 g/mol. The van der Waals surface area contributed by atoms with Crippen molar-refractivity contribution < 1.29 is 123 Å². The summed E-state index contributed by atoms with van der Waals surface area (Å²) in [6, 6.07) is 0. The number of rotatable bonds is 8. The van der Waals surface area contributed by atoms with Crippen molar-refractivity contribution in [2.45, 2.75) is 13.0 Å². The van der Waals surface area contributed by atoms with Crippen molar-refractivity contribution in [3.8, 4) is 0 Å². The minimum absolute atomic E-state index is 0. The molecule has 1 aliphatic rings. The Morgan fingerprint density at radius 2 is 0.871 bits per heavy atom. The van der Waals surface area contributed by atoms with Crippen molar-refractivity contribution in [3.05, 3.63) is 0 Å². The molecule has 0 amide bonds. The quantitative estimate of drug-likeness (QED) is 0.336. The molecule has 31 heavy (non-hydrogen) atoms. The molecule has 0 aromatic carbocycles. The molecule has 0 aromatic rings. The molecular weight excluding hydrogens is 441 g/mol. The molecule has 1 unspecified atom stereocenters. The van der Waals surface area contributed by atoms with Crippen molar-refractivity contribution in [1.29, 1.82) is 0 Å². The Morgan fingerprint density at radius 3 is 1.06 bits per heavy atom. The van der Waals surface area contributed by atoms with Gasteiger partial charge in [-0.15, -0.1) is 0 Å². The third-order valence-corrected chi connectivity index (χ3v) is 4.51. The molecule has 1 fully saturated rings. The molecule has 162 valence electrons. The van der Waals surface area contributed by atoms with Crippen LogP contribution in [0.3, 0.4) is 0 Å². The number of carboxylic acids is 3. The zero-order chi connectivity index (χ0) is 21.1. The summed E-state index contributed by atoms with van der Waals surface area (Å²) in [4.78, 5) is 39.9. The molecule has 0 aromatic heterocycles. The molecular formula is C17H29N4Na3O7. The largest absolute Gasteiger partial charge is 1.00 e. The zero-order valence-corrected chi connectivity index (χ0v) is 25.2. The Hall–Kier alpha value is 1.21. The summed E-state index contributed by atoms with van der Waals surface area (Å²) >= 11 is 0. The van der Waals surface area contributed by atoms with Gasteiger partial charge in [-0.25, -0.2) is 0 Å². The van der Waals surface area contributed by atoms with E-state index in [9.17, 15) is 34.8 Å². The van der Waals surface area contributed by atoms with Crippen LogP contribution in [0.2, 0.25) is 0 Å². The summed E-state index contributed by atoms with van der Waals surface area (Å²) in [6.07, 6.45) is -0.587. The van der Waals surface area contributed by atoms with Crippen LogP contribution in [-0.2, 0) is 14.4 Å². The molecule has 0 saturated carbocycles. The van der Waals surface area contributed by atoms with Gasteiger partial charge in [-0.2, -0.15) is 0 Å². The number of hydrogen-bond donors (Lipinski definition) is 1. The van der Waals surface area contributed by atoms with Crippen molar-refractivity contribution >= 4 is 17.9 Å². The van der Waals surface area contributed by atoms with Crippen molar-refractivity contribution in [3.63, 3.8) is 0 Å². The fraction of sp³-hybridized carbons (Fsp3) is 0.824. The van der Waals surface area contributed by atoms with Crippen molar-refractivity contribution in [2.24, 2.45) is 0 Å². The van der Waals surface area contributed by atoms with Crippen LogP contribution >= 0.6 is 0 Å². The Balaban J connectivity index is -0.00000261. The van der Waals surface area contributed by atoms with E-state index in [1.807, 2.05) is 4.90 Å². The molecule has 1 heterocycles. The molecule has 1 atom stereocenters. The first-order chi connectivity index (χ1) is 13.2. The summed E-state index contributed by atoms with van der Waals surface area (Å²) in [5.74, 6) is -3.70. The summed E-state index contributed by atoms with van der Waals surface area (Å²) in [5, 5.41) is 42.7.